The van der Waals surface area contributed by atoms with Crippen molar-refractivity contribution in [2.75, 3.05) is 32.9 Å². The highest BCUT2D eigenvalue weighted by molar-refractivity contribution is 5.16. The Morgan fingerprint density at radius 3 is 3.29 bits per heavy atom. The number of ether oxygens (including phenoxy) is 2. The smallest absolute Gasteiger partial charge is 0.0949 e. The van der Waals surface area contributed by atoms with E-state index in [1.807, 2.05) is 13.4 Å². The summed E-state index contributed by atoms with van der Waals surface area (Å²) in [5.74, 6) is 0. The van der Waals surface area contributed by atoms with Crippen LogP contribution in [0.15, 0.2) is 6.33 Å². The molecule has 1 aromatic rings. The highest BCUT2D eigenvalue weighted by Gasteiger charge is 2.22. The van der Waals surface area contributed by atoms with E-state index in [4.69, 9.17) is 9.47 Å². The second-order valence-electron chi connectivity index (χ2n) is 6.06. The predicted molar refractivity (Wildman–Crippen MR) is 78.0 cm³/mol. The molecule has 0 amide bonds. The van der Waals surface area contributed by atoms with Gasteiger partial charge in [-0.05, 0) is 12.8 Å². The fraction of sp³-hybridized carbons (Fsp3) is 0.800. The van der Waals surface area contributed by atoms with Crippen molar-refractivity contribution in [1.29, 1.82) is 0 Å². The van der Waals surface area contributed by atoms with E-state index < -0.39 is 6.10 Å². The summed E-state index contributed by atoms with van der Waals surface area (Å²) in [6, 6.07) is 0. The topological polar surface area (TPSA) is 59.8 Å². The summed E-state index contributed by atoms with van der Waals surface area (Å²) in [7, 11) is 2.04. The maximum absolute atomic E-state index is 10.1. The molecule has 3 rings (SSSR count). The summed E-state index contributed by atoms with van der Waals surface area (Å²) in [6.07, 6.45) is 4.84. The van der Waals surface area contributed by atoms with Crippen molar-refractivity contribution in [3.05, 3.63) is 17.7 Å². The van der Waals surface area contributed by atoms with Gasteiger partial charge in [-0.2, -0.15) is 0 Å². The summed E-state index contributed by atoms with van der Waals surface area (Å²) < 4.78 is 13.2. The summed E-state index contributed by atoms with van der Waals surface area (Å²) >= 11 is 0. The molecule has 0 radical (unpaired) electrons. The van der Waals surface area contributed by atoms with Crippen LogP contribution in [0, 0.1) is 0 Å². The van der Waals surface area contributed by atoms with Gasteiger partial charge >= 0.3 is 0 Å². The summed E-state index contributed by atoms with van der Waals surface area (Å²) in [5.41, 5.74) is 2.45. The third-order valence-electron chi connectivity index (χ3n) is 4.29. The molecule has 0 saturated carbocycles. The van der Waals surface area contributed by atoms with Crippen LogP contribution in [-0.4, -0.2) is 64.7 Å². The third-order valence-corrected chi connectivity index (χ3v) is 4.29. The normalized spacial score (nSPS) is 24.2. The van der Waals surface area contributed by atoms with Gasteiger partial charge < -0.3 is 19.1 Å². The number of nitrogens with zero attached hydrogens (tertiary/aromatic N) is 3. The first-order chi connectivity index (χ1) is 10.2. The number of imidazole rings is 1. The van der Waals surface area contributed by atoms with E-state index in [0.29, 0.717) is 19.8 Å². The standard InChI is InChI=1S/C15H25N3O3/c1-17-11-16-14-8-18(5-4-15(14)17)7-12(19)9-20-10-13-3-2-6-21-13/h11-13,19H,2-10H2,1H3/t12-,13-/m1/s1. The Morgan fingerprint density at radius 2 is 2.48 bits per heavy atom. The van der Waals surface area contributed by atoms with Crippen LogP contribution in [0.5, 0.6) is 0 Å². The minimum atomic E-state index is -0.448. The van der Waals surface area contributed by atoms with Gasteiger partial charge in [0.2, 0.25) is 0 Å². The monoisotopic (exact) mass is 295 g/mol. The molecule has 3 heterocycles. The number of aromatic nitrogens is 2. The molecule has 0 spiro atoms. The average molecular weight is 295 g/mol. The van der Waals surface area contributed by atoms with Crippen LogP contribution >= 0.6 is 0 Å². The quantitative estimate of drug-likeness (QED) is 0.820. The molecular weight excluding hydrogens is 270 g/mol. The predicted octanol–water partition coefficient (Wildman–Crippen LogP) is 0.335. The molecule has 0 aliphatic carbocycles. The fourth-order valence-corrected chi connectivity index (χ4v) is 3.13. The van der Waals surface area contributed by atoms with Gasteiger partial charge in [-0.15, -0.1) is 0 Å². The largest absolute Gasteiger partial charge is 0.389 e. The minimum absolute atomic E-state index is 0.225. The SMILES string of the molecule is Cn1cnc2c1CCN(C[C@@H](O)COC[C@H]1CCCO1)C2. The number of rotatable bonds is 6. The van der Waals surface area contributed by atoms with E-state index in [9.17, 15) is 5.11 Å². The maximum atomic E-state index is 10.1. The Morgan fingerprint density at radius 1 is 1.57 bits per heavy atom. The van der Waals surface area contributed by atoms with E-state index in [1.165, 1.54) is 5.69 Å². The Bertz CT molecular complexity index is 457. The third kappa shape index (κ3) is 3.83. The van der Waals surface area contributed by atoms with E-state index in [1.54, 1.807) is 0 Å². The molecule has 1 saturated heterocycles. The first-order valence-corrected chi connectivity index (χ1v) is 7.81. The molecule has 0 unspecified atom stereocenters. The van der Waals surface area contributed by atoms with Crippen LogP contribution in [0.1, 0.15) is 24.2 Å². The van der Waals surface area contributed by atoms with Crippen molar-refractivity contribution in [3.63, 3.8) is 0 Å². The van der Waals surface area contributed by atoms with Crippen molar-refractivity contribution in [3.8, 4) is 0 Å². The van der Waals surface area contributed by atoms with E-state index in [0.717, 1.165) is 44.7 Å². The van der Waals surface area contributed by atoms with Gasteiger partial charge in [0.1, 0.15) is 0 Å². The molecule has 118 valence electrons. The molecule has 2 aliphatic heterocycles. The van der Waals surface area contributed by atoms with Gasteiger partial charge in [0.05, 0.1) is 37.4 Å². The molecule has 1 aromatic heterocycles. The number of aliphatic hydroxyl groups is 1. The zero-order valence-corrected chi connectivity index (χ0v) is 12.7. The van der Waals surface area contributed by atoms with Crippen LogP contribution in [-0.2, 0) is 29.5 Å². The van der Waals surface area contributed by atoms with E-state index in [-0.39, 0.29) is 6.10 Å². The molecule has 1 N–H and O–H groups in total. The Labute approximate surface area is 125 Å². The summed E-state index contributed by atoms with van der Waals surface area (Å²) in [5, 5.41) is 10.1. The lowest BCUT2D eigenvalue weighted by Crippen LogP contribution is -2.39. The van der Waals surface area contributed by atoms with Crippen molar-refractivity contribution < 1.29 is 14.6 Å². The van der Waals surface area contributed by atoms with Crippen molar-refractivity contribution in [1.82, 2.24) is 14.5 Å². The Hall–Kier alpha value is -0.950. The fourth-order valence-electron chi connectivity index (χ4n) is 3.13. The van der Waals surface area contributed by atoms with Gasteiger partial charge in [-0.1, -0.05) is 0 Å². The van der Waals surface area contributed by atoms with E-state index >= 15 is 0 Å². The molecule has 0 bridgehead atoms. The van der Waals surface area contributed by atoms with Crippen LogP contribution in [0.2, 0.25) is 0 Å². The number of fused-ring (bicyclic) bond motifs is 1. The maximum Gasteiger partial charge on any atom is 0.0949 e. The molecule has 21 heavy (non-hydrogen) atoms. The zero-order valence-electron chi connectivity index (χ0n) is 12.7. The molecule has 2 aliphatic rings. The summed E-state index contributed by atoms with van der Waals surface area (Å²) in [4.78, 5) is 6.67. The van der Waals surface area contributed by atoms with Crippen LogP contribution in [0.3, 0.4) is 0 Å². The Kier molecular flexibility index (Phi) is 4.90. The first-order valence-electron chi connectivity index (χ1n) is 7.81. The number of aryl methyl sites for hydroxylation is 1. The second-order valence-corrected chi connectivity index (χ2v) is 6.06. The van der Waals surface area contributed by atoms with Gasteiger partial charge in [0, 0.05) is 45.4 Å². The van der Waals surface area contributed by atoms with Crippen molar-refractivity contribution in [2.45, 2.75) is 38.0 Å². The lowest BCUT2D eigenvalue weighted by Gasteiger charge is -2.28. The molecule has 6 heteroatoms. The molecule has 0 aromatic carbocycles. The summed E-state index contributed by atoms with van der Waals surface area (Å²) in [6.45, 7) is 4.25. The second kappa shape index (κ2) is 6.87. The molecule has 1 fully saturated rings. The van der Waals surface area contributed by atoms with Crippen LogP contribution < -0.4 is 0 Å². The number of aliphatic hydroxyl groups excluding tert-OH is 1. The minimum Gasteiger partial charge on any atom is -0.389 e. The van der Waals surface area contributed by atoms with Gasteiger partial charge in [-0.25, -0.2) is 4.98 Å². The number of hydrogen-bond donors (Lipinski definition) is 1. The van der Waals surface area contributed by atoms with Crippen LogP contribution in [0.4, 0.5) is 0 Å². The molecule has 6 nitrogen and oxygen atoms in total. The number of β-amino-alcohol motifs (C(OH)–C–C–N with tert-alkyl or cyclic N) is 1. The molecule has 2 atom stereocenters. The van der Waals surface area contributed by atoms with Crippen LogP contribution in [0.25, 0.3) is 0 Å². The average Bonchev–Trinajstić information content (AvgIpc) is 3.09. The lowest BCUT2D eigenvalue weighted by molar-refractivity contribution is -0.0262. The van der Waals surface area contributed by atoms with Gasteiger partial charge in [0.25, 0.3) is 0 Å². The zero-order chi connectivity index (χ0) is 14.7. The van der Waals surface area contributed by atoms with Crippen molar-refractivity contribution >= 4 is 0 Å². The lowest BCUT2D eigenvalue weighted by atomic mass is 10.1. The van der Waals surface area contributed by atoms with Gasteiger partial charge in [0.15, 0.2) is 0 Å². The van der Waals surface area contributed by atoms with Crippen molar-refractivity contribution in [2.24, 2.45) is 7.05 Å². The van der Waals surface area contributed by atoms with Gasteiger partial charge in [-0.3, -0.25) is 4.90 Å². The molecular formula is C15H25N3O3. The first kappa shape index (κ1) is 15.0. The highest BCUT2D eigenvalue weighted by atomic mass is 16.5. The highest BCUT2D eigenvalue weighted by Crippen LogP contribution is 2.17. The number of hydrogen-bond acceptors (Lipinski definition) is 5. The van der Waals surface area contributed by atoms with E-state index in [2.05, 4.69) is 14.5 Å². The Balaban J connectivity index is 1.38.